The molecule has 0 aliphatic rings. The van der Waals surface area contributed by atoms with Crippen LogP contribution in [0.2, 0.25) is 0 Å². The molecule has 84 valence electrons. The van der Waals surface area contributed by atoms with Crippen LogP contribution in [0.4, 0.5) is 5.13 Å². The van der Waals surface area contributed by atoms with Gasteiger partial charge in [-0.25, -0.2) is 0 Å². The van der Waals surface area contributed by atoms with Gasteiger partial charge < -0.3 is 5.32 Å². The van der Waals surface area contributed by atoms with E-state index in [4.69, 9.17) is 0 Å². The Morgan fingerprint density at radius 3 is 2.44 bits per heavy atom. The summed E-state index contributed by atoms with van der Waals surface area (Å²) in [6.07, 6.45) is 0. The summed E-state index contributed by atoms with van der Waals surface area (Å²) < 4.78 is 0. The van der Waals surface area contributed by atoms with Crippen molar-refractivity contribution < 1.29 is 0 Å². The second-order valence-corrected chi connectivity index (χ2v) is 5.05. The van der Waals surface area contributed by atoms with Gasteiger partial charge in [0.15, 0.2) is 0 Å². The quantitative estimate of drug-likeness (QED) is 0.883. The molecule has 2 rings (SSSR count). The van der Waals surface area contributed by atoms with Crippen molar-refractivity contribution in [3.8, 4) is 10.6 Å². The maximum absolute atomic E-state index is 4.18. The Kier molecular flexibility index (Phi) is 3.19. The van der Waals surface area contributed by atoms with Crippen LogP contribution in [-0.2, 0) is 0 Å². The fraction of sp³-hybridized carbons (Fsp3) is 0.333. The fourth-order valence-corrected chi connectivity index (χ4v) is 2.24. The van der Waals surface area contributed by atoms with E-state index in [-0.39, 0.29) is 0 Å². The van der Waals surface area contributed by atoms with Gasteiger partial charge in [-0.1, -0.05) is 41.2 Å². The van der Waals surface area contributed by atoms with E-state index in [0.29, 0.717) is 6.04 Å². The fourth-order valence-electron chi connectivity index (χ4n) is 1.34. The molecule has 0 radical (unpaired) electrons. The van der Waals surface area contributed by atoms with Gasteiger partial charge >= 0.3 is 0 Å². The van der Waals surface area contributed by atoms with Crippen LogP contribution < -0.4 is 5.32 Å². The Balaban J connectivity index is 2.21. The van der Waals surface area contributed by atoms with E-state index in [2.05, 4.69) is 60.6 Å². The van der Waals surface area contributed by atoms with Crippen LogP contribution in [0.15, 0.2) is 24.3 Å². The van der Waals surface area contributed by atoms with Crippen molar-refractivity contribution >= 4 is 16.5 Å². The van der Waals surface area contributed by atoms with E-state index in [0.717, 1.165) is 15.7 Å². The summed E-state index contributed by atoms with van der Waals surface area (Å²) in [4.78, 5) is 0. The van der Waals surface area contributed by atoms with Gasteiger partial charge in [0.1, 0.15) is 5.01 Å². The zero-order valence-electron chi connectivity index (χ0n) is 9.69. The maximum Gasteiger partial charge on any atom is 0.206 e. The molecule has 0 atom stereocenters. The minimum Gasteiger partial charge on any atom is -0.358 e. The first kappa shape index (κ1) is 11.1. The molecule has 0 fully saturated rings. The standard InChI is InChI=1S/C12H15N3S/c1-8(2)13-12-15-14-11(16-12)10-6-4-9(3)5-7-10/h4-8H,1-3H3,(H,13,15). The minimum atomic E-state index is 0.388. The number of hydrogen-bond donors (Lipinski definition) is 1. The van der Waals surface area contributed by atoms with E-state index in [1.165, 1.54) is 5.56 Å². The molecule has 0 saturated carbocycles. The Bertz CT molecular complexity index is 459. The number of benzene rings is 1. The number of anilines is 1. The third-order valence-corrected chi connectivity index (χ3v) is 3.04. The predicted octanol–water partition coefficient (Wildman–Crippen LogP) is 3.33. The lowest BCUT2D eigenvalue weighted by Gasteiger charge is -2.03. The van der Waals surface area contributed by atoms with E-state index in [1.54, 1.807) is 11.3 Å². The summed E-state index contributed by atoms with van der Waals surface area (Å²) in [6.45, 7) is 6.26. The summed E-state index contributed by atoms with van der Waals surface area (Å²) in [6, 6.07) is 8.72. The van der Waals surface area contributed by atoms with Crippen molar-refractivity contribution in [1.82, 2.24) is 10.2 Å². The first-order valence-corrected chi connectivity index (χ1v) is 6.14. The number of aromatic nitrogens is 2. The minimum absolute atomic E-state index is 0.388. The molecule has 0 spiro atoms. The normalized spacial score (nSPS) is 10.8. The van der Waals surface area contributed by atoms with Crippen molar-refractivity contribution in [2.45, 2.75) is 26.8 Å². The van der Waals surface area contributed by atoms with Gasteiger partial charge in [-0.2, -0.15) is 0 Å². The van der Waals surface area contributed by atoms with Gasteiger partial charge in [-0.3, -0.25) is 0 Å². The molecule has 1 aromatic heterocycles. The maximum atomic E-state index is 4.18. The highest BCUT2D eigenvalue weighted by atomic mass is 32.1. The molecule has 3 nitrogen and oxygen atoms in total. The molecular formula is C12H15N3S. The molecule has 1 N–H and O–H groups in total. The summed E-state index contributed by atoms with van der Waals surface area (Å²) >= 11 is 1.59. The van der Waals surface area contributed by atoms with E-state index < -0.39 is 0 Å². The van der Waals surface area contributed by atoms with Crippen molar-refractivity contribution in [3.05, 3.63) is 29.8 Å². The van der Waals surface area contributed by atoms with Crippen LogP contribution in [-0.4, -0.2) is 16.2 Å². The SMILES string of the molecule is Cc1ccc(-c2nnc(NC(C)C)s2)cc1. The largest absolute Gasteiger partial charge is 0.358 e. The molecule has 4 heteroatoms. The number of nitrogens with zero attached hydrogens (tertiary/aromatic N) is 2. The molecular weight excluding hydrogens is 218 g/mol. The lowest BCUT2D eigenvalue weighted by atomic mass is 10.2. The van der Waals surface area contributed by atoms with Crippen LogP contribution in [0.25, 0.3) is 10.6 Å². The average molecular weight is 233 g/mol. The number of nitrogens with one attached hydrogen (secondary N) is 1. The van der Waals surface area contributed by atoms with Crippen molar-refractivity contribution in [3.63, 3.8) is 0 Å². The van der Waals surface area contributed by atoms with Gasteiger partial charge in [0, 0.05) is 11.6 Å². The Morgan fingerprint density at radius 1 is 1.12 bits per heavy atom. The summed E-state index contributed by atoms with van der Waals surface area (Å²) in [5.41, 5.74) is 2.38. The van der Waals surface area contributed by atoms with Crippen LogP contribution in [0.3, 0.4) is 0 Å². The molecule has 1 heterocycles. The highest BCUT2D eigenvalue weighted by molar-refractivity contribution is 7.18. The van der Waals surface area contributed by atoms with Gasteiger partial charge in [-0.05, 0) is 20.8 Å². The summed E-state index contributed by atoms with van der Waals surface area (Å²) in [5, 5.41) is 13.4. The molecule has 0 bridgehead atoms. The smallest absolute Gasteiger partial charge is 0.206 e. The Hall–Kier alpha value is -1.42. The molecule has 0 aliphatic heterocycles. The highest BCUT2D eigenvalue weighted by Crippen LogP contribution is 2.26. The second-order valence-electron chi connectivity index (χ2n) is 4.08. The molecule has 2 aromatic rings. The first-order chi connectivity index (χ1) is 7.65. The van der Waals surface area contributed by atoms with E-state index in [1.807, 2.05) is 0 Å². The van der Waals surface area contributed by atoms with Crippen molar-refractivity contribution in [2.24, 2.45) is 0 Å². The number of rotatable bonds is 3. The summed E-state index contributed by atoms with van der Waals surface area (Å²) in [5.74, 6) is 0. The molecule has 1 aromatic carbocycles. The summed E-state index contributed by atoms with van der Waals surface area (Å²) in [7, 11) is 0. The van der Waals surface area contributed by atoms with E-state index in [9.17, 15) is 0 Å². The van der Waals surface area contributed by atoms with Crippen LogP contribution in [0.5, 0.6) is 0 Å². The van der Waals surface area contributed by atoms with Gasteiger partial charge in [-0.15, -0.1) is 10.2 Å². The zero-order valence-corrected chi connectivity index (χ0v) is 10.5. The topological polar surface area (TPSA) is 37.8 Å². The van der Waals surface area contributed by atoms with Crippen molar-refractivity contribution in [2.75, 3.05) is 5.32 Å². The number of hydrogen-bond acceptors (Lipinski definition) is 4. The molecule has 0 unspecified atom stereocenters. The number of aryl methyl sites for hydroxylation is 1. The second kappa shape index (κ2) is 4.61. The predicted molar refractivity (Wildman–Crippen MR) is 68.8 cm³/mol. The van der Waals surface area contributed by atoms with Crippen LogP contribution in [0, 0.1) is 6.92 Å². The van der Waals surface area contributed by atoms with Crippen molar-refractivity contribution in [1.29, 1.82) is 0 Å². The third kappa shape index (κ3) is 2.58. The Labute approximate surface area is 99.5 Å². The molecule has 16 heavy (non-hydrogen) atoms. The first-order valence-electron chi connectivity index (χ1n) is 5.32. The van der Waals surface area contributed by atoms with Crippen LogP contribution in [0.1, 0.15) is 19.4 Å². The van der Waals surface area contributed by atoms with Crippen LogP contribution >= 0.6 is 11.3 Å². The molecule has 0 aliphatic carbocycles. The lowest BCUT2D eigenvalue weighted by Crippen LogP contribution is -2.08. The highest BCUT2D eigenvalue weighted by Gasteiger charge is 2.06. The lowest BCUT2D eigenvalue weighted by molar-refractivity contribution is 0.888. The molecule has 0 amide bonds. The van der Waals surface area contributed by atoms with E-state index >= 15 is 0 Å². The van der Waals surface area contributed by atoms with Gasteiger partial charge in [0.05, 0.1) is 0 Å². The monoisotopic (exact) mass is 233 g/mol. The zero-order chi connectivity index (χ0) is 11.5. The van der Waals surface area contributed by atoms with Gasteiger partial charge in [0.2, 0.25) is 5.13 Å². The van der Waals surface area contributed by atoms with Gasteiger partial charge in [0.25, 0.3) is 0 Å². The average Bonchev–Trinajstić information content (AvgIpc) is 2.66. The third-order valence-electron chi connectivity index (χ3n) is 2.14. The molecule has 0 saturated heterocycles. The Morgan fingerprint density at radius 2 is 1.81 bits per heavy atom.